The lowest BCUT2D eigenvalue weighted by molar-refractivity contribution is 0.304. The summed E-state index contributed by atoms with van der Waals surface area (Å²) in [6, 6.07) is 4.38. The van der Waals surface area contributed by atoms with E-state index < -0.39 is 0 Å². The Balaban J connectivity index is 2.58. The van der Waals surface area contributed by atoms with Crippen molar-refractivity contribution < 1.29 is 9.13 Å². The van der Waals surface area contributed by atoms with Crippen molar-refractivity contribution in [2.24, 2.45) is 5.73 Å². The Kier molecular flexibility index (Phi) is 6.90. The minimum Gasteiger partial charge on any atom is -0.492 e. The molecule has 0 bridgehead atoms. The molecule has 0 amide bonds. The summed E-state index contributed by atoms with van der Waals surface area (Å²) < 4.78 is 18.7. The molecule has 1 aromatic carbocycles. The SMILES string of the molecule is CCCCCCOc1ccc(F)cc1C#CCN. The number of rotatable bonds is 6. The molecule has 0 heterocycles. The predicted octanol–water partition coefficient (Wildman–Crippen LogP) is 3.10. The van der Waals surface area contributed by atoms with Crippen LogP contribution in [0.2, 0.25) is 0 Å². The van der Waals surface area contributed by atoms with Crippen molar-refractivity contribution in [2.75, 3.05) is 13.2 Å². The maximum absolute atomic E-state index is 13.1. The second-order valence-electron chi connectivity index (χ2n) is 4.06. The van der Waals surface area contributed by atoms with Crippen LogP contribution < -0.4 is 10.5 Å². The van der Waals surface area contributed by atoms with E-state index in [0.29, 0.717) is 17.9 Å². The van der Waals surface area contributed by atoms with Crippen LogP contribution in [0.3, 0.4) is 0 Å². The molecular weight excluding hydrogens is 229 g/mol. The standard InChI is InChI=1S/C15H20FNO/c1-2-3-4-5-11-18-15-9-8-14(16)12-13(15)7-6-10-17/h8-9,12H,2-5,10-11,17H2,1H3. The largest absolute Gasteiger partial charge is 0.492 e. The summed E-state index contributed by atoms with van der Waals surface area (Å²) in [6.45, 7) is 3.07. The highest BCUT2D eigenvalue weighted by Gasteiger charge is 2.03. The van der Waals surface area contributed by atoms with Gasteiger partial charge in [0.05, 0.1) is 18.7 Å². The zero-order valence-electron chi connectivity index (χ0n) is 10.8. The van der Waals surface area contributed by atoms with E-state index >= 15 is 0 Å². The molecule has 0 unspecified atom stereocenters. The monoisotopic (exact) mass is 249 g/mol. The highest BCUT2D eigenvalue weighted by atomic mass is 19.1. The van der Waals surface area contributed by atoms with Crippen molar-refractivity contribution in [3.8, 4) is 17.6 Å². The van der Waals surface area contributed by atoms with Crippen molar-refractivity contribution in [1.82, 2.24) is 0 Å². The molecule has 0 fully saturated rings. The van der Waals surface area contributed by atoms with Gasteiger partial charge in [-0.15, -0.1) is 0 Å². The van der Waals surface area contributed by atoms with Crippen molar-refractivity contribution in [2.45, 2.75) is 32.6 Å². The molecular formula is C15H20FNO. The van der Waals surface area contributed by atoms with Crippen molar-refractivity contribution in [3.63, 3.8) is 0 Å². The van der Waals surface area contributed by atoms with E-state index in [2.05, 4.69) is 18.8 Å². The number of hydrogen-bond acceptors (Lipinski definition) is 2. The molecule has 2 N–H and O–H groups in total. The lowest BCUT2D eigenvalue weighted by Gasteiger charge is -2.08. The van der Waals surface area contributed by atoms with E-state index in [9.17, 15) is 4.39 Å². The number of nitrogens with two attached hydrogens (primary N) is 1. The Morgan fingerprint density at radius 3 is 2.83 bits per heavy atom. The van der Waals surface area contributed by atoms with Gasteiger partial charge in [0.2, 0.25) is 0 Å². The molecule has 18 heavy (non-hydrogen) atoms. The quantitative estimate of drug-likeness (QED) is 0.621. The van der Waals surface area contributed by atoms with Crippen LogP contribution in [0.1, 0.15) is 38.2 Å². The van der Waals surface area contributed by atoms with E-state index in [1.807, 2.05) is 0 Å². The van der Waals surface area contributed by atoms with E-state index in [1.165, 1.54) is 25.0 Å². The lowest BCUT2D eigenvalue weighted by Crippen LogP contribution is -2.00. The highest BCUT2D eigenvalue weighted by Crippen LogP contribution is 2.19. The summed E-state index contributed by atoms with van der Waals surface area (Å²) in [7, 11) is 0. The van der Waals surface area contributed by atoms with Crippen molar-refractivity contribution in [1.29, 1.82) is 0 Å². The number of benzene rings is 1. The number of ether oxygens (including phenoxy) is 1. The van der Waals surface area contributed by atoms with Gasteiger partial charge in [0.25, 0.3) is 0 Å². The molecule has 0 aliphatic rings. The fourth-order valence-corrected chi connectivity index (χ4v) is 1.58. The van der Waals surface area contributed by atoms with Crippen LogP contribution in [0, 0.1) is 17.7 Å². The van der Waals surface area contributed by atoms with Crippen LogP contribution in [-0.2, 0) is 0 Å². The molecule has 2 nitrogen and oxygen atoms in total. The van der Waals surface area contributed by atoms with E-state index in [1.54, 1.807) is 6.07 Å². The van der Waals surface area contributed by atoms with Gasteiger partial charge in [0.15, 0.2) is 0 Å². The van der Waals surface area contributed by atoms with Crippen LogP contribution in [0.4, 0.5) is 4.39 Å². The van der Waals surface area contributed by atoms with Gasteiger partial charge in [-0.1, -0.05) is 38.0 Å². The van der Waals surface area contributed by atoms with Crippen molar-refractivity contribution in [3.05, 3.63) is 29.6 Å². The summed E-state index contributed by atoms with van der Waals surface area (Å²) >= 11 is 0. The van der Waals surface area contributed by atoms with Gasteiger partial charge in [0, 0.05) is 0 Å². The Bertz CT molecular complexity index is 420. The van der Waals surface area contributed by atoms with E-state index in [4.69, 9.17) is 10.5 Å². The van der Waals surface area contributed by atoms with Gasteiger partial charge in [0.1, 0.15) is 11.6 Å². The van der Waals surface area contributed by atoms with Gasteiger partial charge in [-0.3, -0.25) is 0 Å². The molecule has 3 heteroatoms. The van der Waals surface area contributed by atoms with Gasteiger partial charge in [-0.2, -0.15) is 0 Å². The molecule has 0 atom stereocenters. The molecule has 1 rings (SSSR count). The average Bonchev–Trinajstić information content (AvgIpc) is 2.38. The highest BCUT2D eigenvalue weighted by molar-refractivity contribution is 5.46. The normalized spacial score (nSPS) is 9.72. The average molecular weight is 249 g/mol. The molecule has 0 saturated carbocycles. The first-order valence-corrected chi connectivity index (χ1v) is 6.39. The summed E-state index contributed by atoms with van der Waals surface area (Å²) in [5, 5.41) is 0. The Hall–Kier alpha value is -1.53. The van der Waals surface area contributed by atoms with Crippen LogP contribution in [-0.4, -0.2) is 13.2 Å². The minimum absolute atomic E-state index is 0.256. The third-order valence-electron chi connectivity index (χ3n) is 2.52. The second kappa shape index (κ2) is 8.54. The maximum atomic E-state index is 13.1. The minimum atomic E-state index is -0.311. The van der Waals surface area contributed by atoms with E-state index in [-0.39, 0.29) is 12.4 Å². The maximum Gasteiger partial charge on any atom is 0.135 e. The first kappa shape index (κ1) is 14.5. The predicted molar refractivity (Wildman–Crippen MR) is 72.0 cm³/mol. The topological polar surface area (TPSA) is 35.2 Å². The first-order chi connectivity index (χ1) is 8.77. The molecule has 0 spiro atoms. The van der Waals surface area contributed by atoms with Gasteiger partial charge < -0.3 is 10.5 Å². The molecule has 0 aliphatic heterocycles. The van der Waals surface area contributed by atoms with E-state index in [0.717, 1.165) is 12.8 Å². The molecule has 0 aliphatic carbocycles. The van der Waals surface area contributed by atoms with Gasteiger partial charge >= 0.3 is 0 Å². The molecule has 0 saturated heterocycles. The molecule has 1 aromatic rings. The zero-order valence-corrected chi connectivity index (χ0v) is 10.8. The third-order valence-corrected chi connectivity index (χ3v) is 2.52. The Morgan fingerprint density at radius 1 is 1.28 bits per heavy atom. The van der Waals surface area contributed by atoms with Crippen molar-refractivity contribution >= 4 is 0 Å². The number of halogens is 1. The molecule has 0 aromatic heterocycles. The van der Waals surface area contributed by atoms with Crippen LogP contribution >= 0.6 is 0 Å². The summed E-state index contributed by atoms with van der Waals surface area (Å²) in [5.74, 6) is 5.86. The number of hydrogen-bond donors (Lipinski definition) is 1. The summed E-state index contributed by atoms with van der Waals surface area (Å²) in [5.41, 5.74) is 5.88. The second-order valence-corrected chi connectivity index (χ2v) is 4.06. The van der Waals surface area contributed by atoms with Crippen LogP contribution in [0.25, 0.3) is 0 Å². The summed E-state index contributed by atoms with van der Waals surface area (Å²) in [6.07, 6.45) is 4.58. The van der Waals surface area contributed by atoms with Gasteiger partial charge in [-0.05, 0) is 24.6 Å². The zero-order chi connectivity index (χ0) is 13.2. The Labute approximate surface area is 108 Å². The molecule has 98 valence electrons. The van der Waals surface area contributed by atoms with Crippen LogP contribution in [0.5, 0.6) is 5.75 Å². The summed E-state index contributed by atoms with van der Waals surface area (Å²) in [4.78, 5) is 0. The van der Waals surface area contributed by atoms with Crippen LogP contribution in [0.15, 0.2) is 18.2 Å². The smallest absolute Gasteiger partial charge is 0.135 e. The van der Waals surface area contributed by atoms with Gasteiger partial charge in [-0.25, -0.2) is 4.39 Å². The lowest BCUT2D eigenvalue weighted by atomic mass is 10.2. The first-order valence-electron chi connectivity index (χ1n) is 6.39. The fourth-order valence-electron chi connectivity index (χ4n) is 1.58. The third kappa shape index (κ3) is 5.20. The fraction of sp³-hybridized carbons (Fsp3) is 0.467. The number of unbranched alkanes of at least 4 members (excludes halogenated alkanes) is 3. The molecule has 0 radical (unpaired) electrons. The Morgan fingerprint density at radius 2 is 2.11 bits per heavy atom.